The predicted octanol–water partition coefficient (Wildman–Crippen LogP) is 3.48. The Kier molecular flexibility index (Phi) is 3.85. The van der Waals surface area contributed by atoms with E-state index in [0.29, 0.717) is 0 Å². The summed E-state index contributed by atoms with van der Waals surface area (Å²) in [5.74, 6) is 0.801. The Morgan fingerprint density at radius 1 is 1.13 bits per heavy atom. The monoisotopic (exact) mass is 301 g/mol. The van der Waals surface area contributed by atoms with Gasteiger partial charge in [0.15, 0.2) is 6.23 Å². The summed E-state index contributed by atoms with van der Waals surface area (Å²) in [6.07, 6.45) is 3.23. The van der Waals surface area contributed by atoms with Crippen molar-refractivity contribution in [1.29, 1.82) is 10.5 Å². The molecule has 4 heteroatoms. The van der Waals surface area contributed by atoms with E-state index in [1.807, 2.05) is 67.5 Å². The predicted molar refractivity (Wildman–Crippen MR) is 89.3 cm³/mol. The summed E-state index contributed by atoms with van der Waals surface area (Å²) in [6.45, 7) is 0. The summed E-state index contributed by atoms with van der Waals surface area (Å²) in [7, 11) is 3.80. The Balaban J connectivity index is 2.16. The SMILES string of the molecule is CN(C)C1Oc2cc3ccccc3cc2C=C1C=C(C#N)C#N. The molecule has 0 fully saturated rings. The van der Waals surface area contributed by atoms with Gasteiger partial charge in [-0.2, -0.15) is 10.5 Å². The highest BCUT2D eigenvalue weighted by Crippen LogP contribution is 2.34. The average Bonchev–Trinajstić information content (AvgIpc) is 2.56. The van der Waals surface area contributed by atoms with E-state index in [1.54, 1.807) is 6.08 Å². The molecule has 1 atom stereocenters. The largest absolute Gasteiger partial charge is 0.470 e. The molecule has 0 aromatic heterocycles. The molecule has 0 saturated carbocycles. The van der Waals surface area contributed by atoms with Crippen LogP contribution in [0.4, 0.5) is 0 Å². The van der Waals surface area contributed by atoms with Crippen LogP contribution in [-0.2, 0) is 0 Å². The number of nitriles is 2. The van der Waals surface area contributed by atoms with E-state index >= 15 is 0 Å². The van der Waals surface area contributed by atoms with E-state index in [0.717, 1.165) is 27.7 Å². The standard InChI is InChI=1S/C19H15N3O/c1-22(2)19-17(7-13(11-20)12-21)9-16-8-14-5-3-4-6-15(14)10-18(16)23-19/h3-10,19H,1-2H3. The number of rotatable bonds is 2. The smallest absolute Gasteiger partial charge is 0.178 e. The van der Waals surface area contributed by atoms with Crippen molar-refractivity contribution in [2.24, 2.45) is 0 Å². The molecule has 112 valence electrons. The summed E-state index contributed by atoms with van der Waals surface area (Å²) < 4.78 is 6.10. The topological polar surface area (TPSA) is 60.0 Å². The molecule has 1 aliphatic heterocycles. The first kappa shape index (κ1) is 14.8. The van der Waals surface area contributed by atoms with Crippen molar-refractivity contribution in [2.45, 2.75) is 6.23 Å². The maximum absolute atomic E-state index is 9.00. The molecule has 23 heavy (non-hydrogen) atoms. The van der Waals surface area contributed by atoms with Gasteiger partial charge in [-0.25, -0.2) is 0 Å². The van der Waals surface area contributed by atoms with Gasteiger partial charge in [0.2, 0.25) is 0 Å². The van der Waals surface area contributed by atoms with Gasteiger partial charge in [0, 0.05) is 11.1 Å². The fourth-order valence-electron chi connectivity index (χ4n) is 2.66. The third-order valence-corrected chi connectivity index (χ3v) is 3.74. The minimum Gasteiger partial charge on any atom is -0.470 e. The minimum atomic E-state index is -0.333. The van der Waals surface area contributed by atoms with Crippen LogP contribution in [0, 0.1) is 22.7 Å². The molecule has 0 aliphatic carbocycles. The van der Waals surface area contributed by atoms with Crippen LogP contribution in [0.2, 0.25) is 0 Å². The Hall–Kier alpha value is -3.08. The van der Waals surface area contributed by atoms with Crippen LogP contribution in [0.5, 0.6) is 5.75 Å². The Bertz CT molecular complexity index is 894. The quantitative estimate of drug-likeness (QED) is 0.797. The summed E-state index contributed by atoms with van der Waals surface area (Å²) in [6, 6.07) is 16.0. The van der Waals surface area contributed by atoms with E-state index in [2.05, 4.69) is 6.07 Å². The summed E-state index contributed by atoms with van der Waals surface area (Å²) in [4.78, 5) is 1.91. The van der Waals surface area contributed by atoms with Gasteiger partial charge in [0.1, 0.15) is 23.5 Å². The molecule has 3 rings (SSSR count). The highest BCUT2D eigenvalue weighted by atomic mass is 16.5. The second kappa shape index (κ2) is 5.96. The van der Waals surface area contributed by atoms with Gasteiger partial charge in [0.25, 0.3) is 0 Å². The second-order valence-corrected chi connectivity index (χ2v) is 5.60. The Morgan fingerprint density at radius 2 is 1.78 bits per heavy atom. The van der Waals surface area contributed by atoms with Gasteiger partial charge in [-0.3, -0.25) is 4.90 Å². The van der Waals surface area contributed by atoms with Crippen LogP contribution in [0.25, 0.3) is 16.8 Å². The third-order valence-electron chi connectivity index (χ3n) is 3.74. The van der Waals surface area contributed by atoms with Gasteiger partial charge in [0.05, 0.1) is 0 Å². The molecule has 2 aromatic rings. The van der Waals surface area contributed by atoms with Gasteiger partial charge >= 0.3 is 0 Å². The van der Waals surface area contributed by atoms with Crippen molar-refractivity contribution in [3.8, 4) is 17.9 Å². The first-order chi connectivity index (χ1) is 11.1. The third kappa shape index (κ3) is 2.81. The van der Waals surface area contributed by atoms with E-state index in [9.17, 15) is 0 Å². The van der Waals surface area contributed by atoms with Crippen LogP contribution >= 0.6 is 0 Å². The van der Waals surface area contributed by atoms with E-state index in [1.165, 1.54) is 0 Å². The van der Waals surface area contributed by atoms with E-state index < -0.39 is 0 Å². The Morgan fingerprint density at radius 3 is 2.39 bits per heavy atom. The molecule has 1 aliphatic rings. The van der Waals surface area contributed by atoms with Gasteiger partial charge < -0.3 is 4.74 Å². The van der Waals surface area contributed by atoms with Crippen LogP contribution in [0.3, 0.4) is 0 Å². The minimum absolute atomic E-state index is 0.0657. The molecule has 0 spiro atoms. The normalized spacial score (nSPS) is 15.9. The van der Waals surface area contributed by atoms with Gasteiger partial charge in [-0.15, -0.1) is 0 Å². The van der Waals surface area contributed by atoms with Crippen LogP contribution in [0.15, 0.2) is 53.6 Å². The zero-order valence-corrected chi connectivity index (χ0v) is 12.9. The number of fused-ring (bicyclic) bond motifs is 2. The van der Waals surface area contributed by atoms with Gasteiger partial charge in [-0.1, -0.05) is 24.3 Å². The van der Waals surface area contributed by atoms with Crippen molar-refractivity contribution >= 4 is 16.8 Å². The number of hydrogen-bond acceptors (Lipinski definition) is 4. The lowest BCUT2D eigenvalue weighted by molar-refractivity contribution is 0.0975. The summed E-state index contributed by atoms with van der Waals surface area (Å²) in [5, 5.41) is 20.2. The molecule has 2 aromatic carbocycles. The van der Waals surface area contributed by atoms with Crippen molar-refractivity contribution in [2.75, 3.05) is 14.1 Å². The lowest BCUT2D eigenvalue weighted by atomic mass is 9.99. The first-order valence-corrected chi connectivity index (χ1v) is 7.22. The van der Waals surface area contributed by atoms with Crippen molar-refractivity contribution in [1.82, 2.24) is 4.90 Å². The maximum atomic E-state index is 9.00. The Labute approximate surface area is 135 Å². The number of likely N-dealkylation sites (N-methyl/N-ethyl adjacent to an activating group) is 1. The first-order valence-electron chi connectivity index (χ1n) is 7.22. The number of allylic oxidation sites excluding steroid dienone is 1. The number of benzene rings is 2. The fourth-order valence-corrected chi connectivity index (χ4v) is 2.66. The van der Waals surface area contributed by atoms with Crippen molar-refractivity contribution < 1.29 is 4.74 Å². The lowest BCUT2D eigenvalue weighted by Gasteiger charge is -2.30. The van der Waals surface area contributed by atoms with E-state index in [-0.39, 0.29) is 11.8 Å². The highest BCUT2D eigenvalue weighted by molar-refractivity contribution is 5.88. The summed E-state index contributed by atoms with van der Waals surface area (Å²) >= 11 is 0. The highest BCUT2D eigenvalue weighted by Gasteiger charge is 2.24. The fraction of sp³-hybridized carbons (Fsp3) is 0.158. The molecule has 0 N–H and O–H groups in total. The molecule has 0 bridgehead atoms. The van der Waals surface area contributed by atoms with Crippen LogP contribution < -0.4 is 4.74 Å². The molecular formula is C19H15N3O. The van der Waals surface area contributed by atoms with Crippen molar-refractivity contribution in [3.05, 3.63) is 59.2 Å². The number of hydrogen-bond donors (Lipinski definition) is 0. The lowest BCUT2D eigenvalue weighted by Crippen LogP contribution is -2.36. The van der Waals surface area contributed by atoms with Crippen LogP contribution in [-0.4, -0.2) is 25.2 Å². The number of nitrogens with zero attached hydrogens (tertiary/aromatic N) is 3. The molecule has 1 heterocycles. The van der Waals surface area contributed by atoms with Crippen molar-refractivity contribution in [3.63, 3.8) is 0 Å². The zero-order chi connectivity index (χ0) is 16.4. The molecule has 1 unspecified atom stereocenters. The number of ether oxygens (including phenoxy) is 1. The summed E-state index contributed by atoms with van der Waals surface area (Å²) in [5.41, 5.74) is 1.80. The van der Waals surface area contributed by atoms with Crippen LogP contribution in [0.1, 0.15) is 5.56 Å². The molecule has 0 saturated heterocycles. The average molecular weight is 301 g/mol. The molecule has 0 amide bonds. The molecule has 4 nitrogen and oxygen atoms in total. The van der Waals surface area contributed by atoms with Gasteiger partial charge in [-0.05, 0) is 49.2 Å². The zero-order valence-electron chi connectivity index (χ0n) is 12.9. The van der Waals surface area contributed by atoms with E-state index in [4.69, 9.17) is 15.3 Å². The maximum Gasteiger partial charge on any atom is 0.178 e. The molecular weight excluding hydrogens is 286 g/mol. The second-order valence-electron chi connectivity index (χ2n) is 5.60. The molecule has 0 radical (unpaired) electrons.